The van der Waals surface area contributed by atoms with Crippen molar-refractivity contribution in [3.63, 3.8) is 0 Å². The molecule has 1 fully saturated rings. The molecule has 4 heterocycles. The van der Waals surface area contributed by atoms with E-state index in [2.05, 4.69) is 20.6 Å². The summed E-state index contributed by atoms with van der Waals surface area (Å²) in [5.41, 5.74) is 2.74. The van der Waals surface area contributed by atoms with Gasteiger partial charge in [-0.05, 0) is 49.2 Å². The number of hydrogen-bond donors (Lipinski definition) is 2. The van der Waals surface area contributed by atoms with Crippen LogP contribution in [0.15, 0.2) is 48.2 Å². The van der Waals surface area contributed by atoms with Gasteiger partial charge in [-0.3, -0.25) is 15.1 Å². The number of carbonyl (C=O) groups is 1. The van der Waals surface area contributed by atoms with Gasteiger partial charge in [0.25, 0.3) is 5.91 Å². The number of nitrogens with zero attached hydrogens (tertiary/aromatic N) is 3. The van der Waals surface area contributed by atoms with Gasteiger partial charge in [-0.2, -0.15) is 0 Å². The molecule has 0 radical (unpaired) electrons. The fourth-order valence-electron chi connectivity index (χ4n) is 3.04. The monoisotopic (exact) mass is 353 g/mol. The molecule has 1 aliphatic rings. The third-order valence-corrected chi connectivity index (χ3v) is 5.10. The summed E-state index contributed by atoms with van der Waals surface area (Å²) in [6.07, 6.45) is 7.70. The Kier molecular flexibility index (Phi) is 4.58. The van der Waals surface area contributed by atoms with Crippen LogP contribution < -0.4 is 10.6 Å². The van der Waals surface area contributed by atoms with Crippen molar-refractivity contribution < 1.29 is 4.79 Å². The van der Waals surface area contributed by atoms with Gasteiger partial charge in [-0.15, -0.1) is 11.3 Å². The zero-order valence-electron chi connectivity index (χ0n) is 13.7. The van der Waals surface area contributed by atoms with E-state index in [1.54, 1.807) is 12.4 Å². The molecule has 1 atom stereocenters. The summed E-state index contributed by atoms with van der Waals surface area (Å²) >= 11 is 1.47. The molecule has 0 aromatic carbocycles. The van der Waals surface area contributed by atoms with Crippen molar-refractivity contribution in [3.8, 4) is 0 Å². The lowest BCUT2D eigenvalue weighted by Gasteiger charge is -2.09. The van der Waals surface area contributed by atoms with Gasteiger partial charge in [0.05, 0.1) is 11.7 Å². The molecule has 1 saturated heterocycles. The predicted octanol–water partition coefficient (Wildman–Crippen LogP) is 3.06. The fourth-order valence-corrected chi connectivity index (χ4v) is 3.80. The van der Waals surface area contributed by atoms with Gasteiger partial charge < -0.3 is 9.88 Å². The van der Waals surface area contributed by atoms with Gasteiger partial charge in [-0.1, -0.05) is 0 Å². The normalized spacial score (nSPS) is 16.9. The Morgan fingerprint density at radius 1 is 1.36 bits per heavy atom. The average Bonchev–Trinajstić information content (AvgIpc) is 3.37. The van der Waals surface area contributed by atoms with Crippen molar-refractivity contribution >= 4 is 22.4 Å². The van der Waals surface area contributed by atoms with E-state index in [1.165, 1.54) is 17.8 Å². The lowest BCUT2D eigenvalue weighted by Crippen LogP contribution is -2.17. The summed E-state index contributed by atoms with van der Waals surface area (Å²) in [5.74, 6) is -0.140. The van der Waals surface area contributed by atoms with E-state index < -0.39 is 0 Å². The van der Waals surface area contributed by atoms with Crippen LogP contribution in [0.25, 0.3) is 0 Å². The minimum absolute atomic E-state index is 0.140. The first kappa shape index (κ1) is 16.0. The number of carbonyl (C=O) groups excluding carboxylic acids is 1. The van der Waals surface area contributed by atoms with Crippen LogP contribution in [0.4, 0.5) is 5.13 Å². The number of pyridine rings is 1. The van der Waals surface area contributed by atoms with Gasteiger partial charge >= 0.3 is 0 Å². The summed E-state index contributed by atoms with van der Waals surface area (Å²) in [6, 6.07) is 7.92. The van der Waals surface area contributed by atoms with Crippen LogP contribution in [0.3, 0.4) is 0 Å². The topological polar surface area (TPSA) is 71.8 Å². The van der Waals surface area contributed by atoms with E-state index in [9.17, 15) is 4.79 Å². The van der Waals surface area contributed by atoms with Crippen molar-refractivity contribution in [1.29, 1.82) is 0 Å². The smallest absolute Gasteiger partial charge is 0.274 e. The molecule has 1 aliphatic heterocycles. The van der Waals surface area contributed by atoms with Crippen LogP contribution >= 0.6 is 11.3 Å². The molecular formula is C18H19N5OS. The second kappa shape index (κ2) is 7.16. The van der Waals surface area contributed by atoms with Gasteiger partial charge in [0, 0.05) is 30.5 Å². The third kappa shape index (κ3) is 3.62. The summed E-state index contributed by atoms with van der Waals surface area (Å²) in [7, 11) is 0. The second-order valence-electron chi connectivity index (χ2n) is 6.06. The molecule has 3 aromatic heterocycles. The van der Waals surface area contributed by atoms with Crippen LogP contribution in [0, 0.1) is 0 Å². The maximum Gasteiger partial charge on any atom is 0.274 e. The Hall–Kier alpha value is -2.51. The zero-order valence-corrected chi connectivity index (χ0v) is 14.5. The van der Waals surface area contributed by atoms with Crippen LogP contribution in [0.2, 0.25) is 0 Å². The molecule has 6 nitrogen and oxygen atoms in total. The van der Waals surface area contributed by atoms with Gasteiger partial charge in [0.1, 0.15) is 5.69 Å². The molecule has 128 valence electrons. The summed E-state index contributed by atoms with van der Waals surface area (Å²) in [5, 5.41) is 9.01. The van der Waals surface area contributed by atoms with Crippen LogP contribution in [0.5, 0.6) is 0 Å². The third-order valence-electron chi connectivity index (χ3n) is 4.32. The first-order valence-electron chi connectivity index (χ1n) is 8.34. The molecule has 7 heteroatoms. The van der Waals surface area contributed by atoms with Crippen molar-refractivity contribution in [1.82, 2.24) is 19.9 Å². The van der Waals surface area contributed by atoms with Crippen molar-refractivity contribution in [3.05, 3.63) is 65.2 Å². The molecule has 2 N–H and O–H groups in total. The van der Waals surface area contributed by atoms with Crippen molar-refractivity contribution in [2.24, 2.45) is 0 Å². The minimum Gasteiger partial charge on any atom is -0.339 e. The Labute approximate surface area is 149 Å². The number of anilines is 1. The lowest BCUT2D eigenvalue weighted by molar-refractivity contribution is 0.101. The predicted molar refractivity (Wildman–Crippen MR) is 97.8 cm³/mol. The first-order valence-corrected chi connectivity index (χ1v) is 9.22. The molecule has 0 bridgehead atoms. The van der Waals surface area contributed by atoms with E-state index >= 15 is 0 Å². The highest BCUT2D eigenvalue weighted by molar-refractivity contribution is 7.14. The number of amides is 1. The molecule has 1 amide bonds. The number of nitrogens with one attached hydrogen (secondary N) is 2. The van der Waals surface area contributed by atoms with Gasteiger partial charge in [-0.25, -0.2) is 4.98 Å². The van der Waals surface area contributed by atoms with E-state index in [4.69, 9.17) is 0 Å². The SMILES string of the molecule is O=C(Nc1nc([C@H]2CCCN2)cs1)c1cccn1Cc1ccncc1. The van der Waals surface area contributed by atoms with E-state index in [0.717, 1.165) is 24.2 Å². The maximum absolute atomic E-state index is 12.6. The molecular weight excluding hydrogens is 334 g/mol. The Morgan fingerprint density at radius 2 is 2.24 bits per heavy atom. The Bertz CT molecular complexity index is 851. The molecule has 0 spiro atoms. The van der Waals surface area contributed by atoms with Crippen LogP contribution in [0.1, 0.15) is 40.6 Å². The highest BCUT2D eigenvalue weighted by Gasteiger charge is 2.20. The van der Waals surface area contributed by atoms with E-state index in [1.807, 2.05) is 40.4 Å². The molecule has 3 aromatic rings. The maximum atomic E-state index is 12.6. The standard InChI is InChI=1S/C18H19N5OS/c24-17(22-18-21-15(12-25-18)14-3-1-7-20-14)16-4-2-10-23(16)11-13-5-8-19-9-6-13/h2,4-6,8-10,12,14,20H,1,3,7,11H2,(H,21,22,24)/t14-/m1/s1. The molecule has 0 saturated carbocycles. The van der Waals surface area contributed by atoms with Gasteiger partial charge in [0.15, 0.2) is 5.13 Å². The molecule has 25 heavy (non-hydrogen) atoms. The summed E-state index contributed by atoms with van der Waals surface area (Å²) in [6.45, 7) is 1.67. The quantitative estimate of drug-likeness (QED) is 0.739. The van der Waals surface area contributed by atoms with Crippen molar-refractivity contribution in [2.45, 2.75) is 25.4 Å². The van der Waals surface area contributed by atoms with Crippen LogP contribution in [-0.2, 0) is 6.54 Å². The average molecular weight is 353 g/mol. The highest BCUT2D eigenvalue weighted by Crippen LogP contribution is 2.26. The van der Waals surface area contributed by atoms with Crippen LogP contribution in [-0.4, -0.2) is 27.0 Å². The zero-order chi connectivity index (χ0) is 17.1. The number of thiazole rings is 1. The second-order valence-corrected chi connectivity index (χ2v) is 6.92. The Morgan fingerprint density at radius 3 is 3.04 bits per heavy atom. The molecule has 0 unspecified atom stereocenters. The van der Waals surface area contributed by atoms with Gasteiger partial charge in [0.2, 0.25) is 0 Å². The lowest BCUT2D eigenvalue weighted by atomic mass is 10.2. The molecule has 0 aliphatic carbocycles. The van der Waals surface area contributed by atoms with E-state index in [0.29, 0.717) is 23.4 Å². The summed E-state index contributed by atoms with van der Waals surface area (Å²) in [4.78, 5) is 21.2. The number of aromatic nitrogens is 3. The van der Waals surface area contributed by atoms with E-state index in [-0.39, 0.29) is 5.91 Å². The van der Waals surface area contributed by atoms with Crippen molar-refractivity contribution in [2.75, 3.05) is 11.9 Å². The molecule has 4 rings (SSSR count). The summed E-state index contributed by atoms with van der Waals surface area (Å²) < 4.78 is 1.93. The highest BCUT2D eigenvalue weighted by atomic mass is 32.1. The largest absolute Gasteiger partial charge is 0.339 e. The fraction of sp³-hybridized carbons (Fsp3) is 0.278. The Balaban J connectivity index is 1.46. The number of rotatable bonds is 5. The number of hydrogen-bond acceptors (Lipinski definition) is 5. The first-order chi connectivity index (χ1) is 12.3. The minimum atomic E-state index is -0.140.